The highest BCUT2D eigenvalue weighted by Crippen LogP contribution is 2.25. The second kappa shape index (κ2) is 16.1. The van der Waals surface area contributed by atoms with Gasteiger partial charge in [0.05, 0.1) is 0 Å². The van der Waals surface area contributed by atoms with Crippen molar-refractivity contribution >= 4 is 40.8 Å². The van der Waals surface area contributed by atoms with Crippen LogP contribution in [0.2, 0.25) is 5.02 Å². The van der Waals surface area contributed by atoms with E-state index in [0.29, 0.717) is 41.7 Å². The fourth-order valence-corrected chi connectivity index (χ4v) is 3.51. The molecule has 1 heterocycles. The SMILES string of the molecule is CCN(C)C(=O)CCN(C(=O)c1cc(Cl)cc(OCCNc2ccncc2)c1)c1ccccc1.O=C(O)C(F)(F)F. The number of carboxylic acids is 1. The average Bonchev–Trinajstić information content (AvgIpc) is 2.95. The van der Waals surface area contributed by atoms with Crippen molar-refractivity contribution in [3.8, 4) is 5.75 Å². The van der Waals surface area contributed by atoms with Crippen molar-refractivity contribution in [3.05, 3.63) is 83.6 Å². The summed E-state index contributed by atoms with van der Waals surface area (Å²) in [6.07, 6.45) is -1.44. The standard InChI is InChI=1S/C26H29ClN4O3.C2HF3O2/c1-3-30(2)25(32)11-15-31(23-7-5-4-6-8-23)26(33)20-17-21(27)19-24(18-20)34-16-14-29-22-9-12-28-13-10-22;3-2(4,5)1(6)7/h4-10,12-13,17-19H,3,11,14-16H2,1-2H3,(H,28,29);(H,6,7). The number of nitrogens with zero attached hydrogens (tertiary/aromatic N) is 3. The van der Waals surface area contributed by atoms with Crippen LogP contribution in [0, 0.1) is 0 Å². The van der Waals surface area contributed by atoms with Gasteiger partial charge in [-0.3, -0.25) is 14.6 Å². The number of nitrogens with one attached hydrogen (secondary N) is 1. The predicted octanol–water partition coefficient (Wildman–Crippen LogP) is 5.37. The van der Waals surface area contributed by atoms with E-state index in [1.165, 1.54) is 0 Å². The highest BCUT2D eigenvalue weighted by Gasteiger charge is 2.38. The van der Waals surface area contributed by atoms with Crippen molar-refractivity contribution in [1.82, 2.24) is 9.88 Å². The second-order valence-corrected chi connectivity index (χ2v) is 8.88. The van der Waals surface area contributed by atoms with E-state index in [-0.39, 0.29) is 24.8 Å². The Bertz CT molecular complexity index is 1280. The van der Waals surface area contributed by atoms with Crippen LogP contribution >= 0.6 is 11.6 Å². The maximum absolute atomic E-state index is 13.5. The van der Waals surface area contributed by atoms with Gasteiger partial charge >= 0.3 is 12.1 Å². The maximum atomic E-state index is 13.5. The molecule has 0 unspecified atom stereocenters. The molecular formula is C28H30ClF3N4O5. The van der Waals surface area contributed by atoms with Gasteiger partial charge in [0.25, 0.3) is 5.91 Å². The van der Waals surface area contributed by atoms with Crippen LogP contribution in [0.4, 0.5) is 24.5 Å². The van der Waals surface area contributed by atoms with E-state index in [4.69, 9.17) is 26.2 Å². The summed E-state index contributed by atoms with van der Waals surface area (Å²) in [6, 6.07) is 18.0. The third kappa shape index (κ3) is 11.4. The smallest absolute Gasteiger partial charge is 0.490 e. The number of carboxylic acid groups (broad SMARTS) is 1. The molecule has 41 heavy (non-hydrogen) atoms. The molecule has 2 amide bonds. The number of carbonyl (C=O) groups excluding carboxylic acids is 2. The Hall–Kier alpha value is -4.32. The van der Waals surface area contributed by atoms with E-state index in [0.717, 1.165) is 5.69 Å². The number of anilines is 2. The molecule has 0 radical (unpaired) electrons. The zero-order chi connectivity index (χ0) is 30.4. The van der Waals surface area contributed by atoms with Crippen molar-refractivity contribution in [2.45, 2.75) is 19.5 Å². The van der Waals surface area contributed by atoms with Gasteiger partial charge in [-0.2, -0.15) is 13.2 Å². The van der Waals surface area contributed by atoms with Crippen LogP contribution in [-0.4, -0.2) is 72.2 Å². The Morgan fingerprint density at radius 3 is 2.27 bits per heavy atom. The summed E-state index contributed by atoms with van der Waals surface area (Å²) < 4.78 is 37.6. The molecular weight excluding hydrogens is 565 g/mol. The summed E-state index contributed by atoms with van der Waals surface area (Å²) in [7, 11) is 1.75. The number of aromatic nitrogens is 1. The number of ether oxygens (including phenoxy) is 1. The van der Waals surface area contributed by atoms with Gasteiger partial charge in [-0.05, 0) is 49.4 Å². The second-order valence-electron chi connectivity index (χ2n) is 8.44. The molecule has 0 aliphatic carbocycles. The lowest BCUT2D eigenvalue weighted by Crippen LogP contribution is -2.36. The van der Waals surface area contributed by atoms with Crippen LogP contribution < -0.4 is 15.0 Å². The summed E-state index contributed by atoms with van der Waals surface area (Å²) in [5, 5.41) is 10.8. The summed E-state index contributed by atoms with van der Waals surface area (Å²) in [5.41, 5.74) is 2.05. The van der Waals surface area contributed by atoms with Crippen molar-refractivity contribution in [2.75, 3.05) is 43.5 Å². The lowest BCUT2D eigenvalue weighted by molar-refractivity contribution is -0.192. The van der Waals surface area contributed by atoms with Gasteiger partial charge in [-0.25, -0.2) is 4.79 Å². The van der Waals surface area contributed by atoms with Gasteiger partial charge in [0.15, 0.2) is 0 Å². The molecule has 0 bridgehead atoms. The van der Waals surface area contributed by atoms with Crippen LogP contribution in [0.25, 0.3) is 0 Å². The summed E-state index contributed by atoms with van der Waals surface area (Å²) in [4.78, 5) is 42.0. The third-order valence-corrected chi connectivity index (χ3v) is 5.72. The number of benzene rings is 2. The van der Waals surface area contributed by atoms with E-state index in [1.807, 2.05) is 49.4 Å². The topological polar surface area (TPSA) is 112 Å². The minimum atomic E-state index is -5.08. The van der Waals surface area contributed by atoms with Crippen molar-refractivity contribution in [2.24, 2.45) is 0 Å². The number of para-hydroxylation sites is 1. The molecule has 1 aromatic heterocycles. The molecule has 0 fully saturated rings. The van der Waals surface area contributed by atoms with Crippen molar-refractivity contribution < 1.29 is 37.4 Å². The Morgan fingerprint density at radius 2 is 1.68 bits per heavy atom. The fraction of sp³-hybridized carbons (Fsp3) is 0.286. The molecule has 0 spiro atoms. The molecule has 2 aromatic carbocycles. The number of hydrogen-bond donors (Lipinski definition) is 2. The summed E-state index contributed by atoms with van der Waals surface area (Å²) in [5.74, 6) is -2.52. The molecule has 2 N–H and O–H groups in total. The highest BCUT2D eigenvalue weighted by molar-refractivity contribution is 6.31. The first-order chi connectivity index (χ1) is 19.4. The number of carbonyl (C=O) groups is 3. The number of rotatable bonds is 11. The number of halogens is 4. The Morgan fingerprint density at radius 1 is 1.05 bits per heavy atom. The van der Waals surface area contributed by atoms with Gasteiger partial charge < -0.3 is 25.0 Å². The number of aliphatic carboxylic acids is 1. The Kier molecular flexibility index (Phi) is 12.9. The monoisotopic (exact) mass is 594 g/mol. The van der Waals surface area contributed by atoms with Crippen LogP contribution in [0.3, 0.4) is 0 Å². The maximum Gasteiger partial charge on any atom is 0.490 e. The van der Waals surface area contributed by atoms with Gasteiger partial charge in [0, 0.05) is 67.5 Å². The largest absolute Gasteiger partial charge is 0.492 e. The Balaban J connectivity index is 0.000000745. The minimum absolute atomic E-state index is 0.0203. The number of pyridine rings is 1. The normalized spacial score (nSPS) is 10.6. The van der Waals surface area contributed by atoms with E-state index >= 15 is 0 Å². The minimum Gasteiger partial charge on any atom is -0.492 e. The summed E-state index contributed by atoms with van der Waals surface area (Å²) >= 11 is 6.31. The molecule has 0 aliphatic rings. The van der Waals surface area contributed by atoms with Crippen molar-refractivity contribution in [3.63, 3.8) is 0 Å². The van der Waals surface area contributed by atoms with Crippen LogP contribution in [0.15, 0.2) is 73.1 Å². The molecule has 0 atom stereocenters. The predicted molar refractivity (Wildman–Crippen MR) is 149 cm³/mol. The van der Waals surface area contributed by atoms with Crippen LogP contribution in [-0.2, 0) is 9.59 Å². The van der Waals surface area contributed by atoms with E-state index in [1.54, 1.807) is 47.4 Å². The highest BCUT2D eigenvalue weighted by atomic mass is 35.5. The fourth-order valence-electron chi connectivity index (χ4n) is 3.29. The van der Waals surface area contributed by atoms with Gasteiger partial charge in [0.2, 0.25) is 5.91 Å². The lowest BCUT2D eigenvalue weighted by Gasteiger charge is -2.24. The number of hydrogen-bond acceptors (Lipinski definition) is 6. The molecule has 13 heteroatoms. The molecule has 3 rings (SSSR count). The quantitative estimate of drug-likeness (QED) is 0.287. The van der Waals surface area contributed by atoms with Gasteiger partial charge in [-0.15, -0.1) is 0 Å². The zero-order valence-electron chi connectivity index (χ0n) is 22.4. The molecule has 3 aromatic rings. The molecule has 9 nitrogen and oxygen atoms in total. The third-order valence-electron chi connectivity index (χ3n) is 5.50. The molecule has 0 aliphatic heterocycles. The first-order valence-corrected chi connectivity index (χ1v) is 12.8. The first-order valence-electron chi connectivity index (χ1n) is 12.4. The molecule has 0 saturated carbocycles. The Labute approximate surface area is 240 Å². The van der Waals surface area contributed by atoms with Gasteiger partial charge in [0.1, 0.15) is 12.4 Å². The van der Waals surface area contributed by atoms with Crippen molar-refractivity contribution in [1.29, 1.82) is 0 Å². The average molecular weight is 595 g/mol. The van der Waals surface area contributed by atoms with E-state index in [9.17, 15) is 22.8 Å². The zero-order valence-corrected chi connectivity index (χ0v) is 23.2. The van der Waals surface area contributed by atoms with Crippen LogP contribution in [0.5, 0.6) is 5.75 Å². The molecule has 220 valence electrons. The van der Waals surface area contributed by atoms with E-state index in [2.05, 4.69) is 10.3 Å². The molecule has 0 saturated heterocycles. The van der Waals surface area contributed by atoms with E-state index < -0.39 is 12.1 Å². The van der Waals surface area contributed by atoms with Crippen LogP contribution in [0.1, 0.15) is 23.7 Å². The first kappa shape index (κ1) is 32.9. The lowest BCUT2D eigenvalue weighted by atomic mass is 10.1. The summed E-state index contributed by atoms with van der Waals surface area (Å²) in [6.45, 7) is 3.74. The van der Waals surface area contributed by atoms with Gasteiger partial charge in [-0.1, -0.05) is 29.8 Å². The number of amides is 2. The number of alkyl halides is 3.